The van der Waals surface area contributed by atoms with Crippen molar-refractivity contribution in [1.82, 2.24) is 0 Å². The predicted octanol–water partition coefficient (Wildman–Crippen LogP) is 0.855. The van der Waals surface area contributed by atoms with E-state index in [0.717, 1.165) is 19.4 Å². The second kappa shape index (κ2) is 4.53. The Morgan fingerprint density at radius 1 is 1.59 bits per heavy atom. The summed E-state index contributed by atoms with van der Waals surface area (Å²) >= 11 is 0. The normalized spacial score (nSPS) is 19.4. The maximum absolute atomic E-state index is 11.3. The number of nitrogens with two attached hydrogens (primary N) is 1. The summed E-state index contributed by atoms with van der Waals surface area (Å²) in [5.74, 6) is 0.444. The van der Waals surface area contributed by atoms with Crippen molar-refractivity contribution in [2.45, 2.75) is 18.9 Å². The zero-order valence-corrected chi connectivity index (χ0v) is 9.72. The summed E-state index contributed by atoms with van der Waals surface area (Å²) in [5, 5.41) is 9.52. The topological polar surface area (TPSA) is 75.8 Å². The lowest BCUT2D eigenvalue weighted by atomic mass is 10.2. The molecule has 1 heterocycles. The van der Waals surface area contributed by atoms with Gasteiger partial charge < -0.3 is 20.5 Å². The molecule has 1 unspecified atom stereocenters. The molecule has 17 heavy (non-hydrogen) atoms. The molecule has 0 bridgehead atoms. The zero-order valence-electron chi connectivity index (χ0n) is 9.72. The van der Waals surface area contributed by atoms with Crippen molar-refractivity contribution in [3.05, 3.63) is 18.2 Å². The number of amides is 1. The van der Waals surface area contributed by atoms with Gasteiger partial charge in [-0.1, -0.05) is 0 Å². The summed E-state index contributed by atoms with van der Waals surface area (Å²) < 4.78 is 5.24. The molecule has 92 valence electrons. The van der Waals surface area contributed by atoms with Crippen LogP contribution in [-0.4, -0.2) is 30.7 Å². The van der Waals surface area contributed by atoms with Crippen LogP contribution in [0.3, 0.4) is 0 Å². The van der Waals surface area contributed by atoms with E-state index in [1.807, 2.05) is 4.90 Å². The molecular weight excluding hydrogens is 220 g/mol. The number of benzene rings is 1. The molecule has 0 spiro atoms. The summed E-state index contributed by atoms with van der Waals surface area (Å²) in [6.07, 6.45) is 1.65. The van der Waals surface area contributed by atoms with Gasteiger partial charge in [0, 0.05) is 12.6 Å². The van der Waals surface area contributed by atoms with Crippen molar-refractivity contribution in [1.29, 1.82) is 0 Å². The standard InChI is InChI=1S/C12H16N2O3/c1-17-11-5-4-8(15)7-10(11)14-6-2-3-9(14)12(13)16/h4-5,7,9,15H,2-3,6H2,1H3,(H2,13,16). The Labute approximate surface area is 99.8 Å². The molecule has 0 radical (unpaired) electrons. The van der Waals surface area contributed by atoms with Crippen LogP contribution in [0.15, 0.2) is 18.2 Å². The molecule has 1 aliphatic heterocycles. The fourth-order valence-electron chi connectivity index (χ4n) is 2.25. The Kier molecular flexibility index (Phi) is 3.08. The number of hydrogen-bond acceptors (Lipinski definition) is 4. The number of phenols is 1. The second-order valence-corrected chi connectivity index (χ2v) is 4.11. The number of rotatable bonds is 3. The smallest absolute Gasteiger partial charge is 0.240 e. The fraction of sp³-hybridized carbons (Fsp3) is 0.417. The summed E-state index contributed by atoms with van der Waals surface area (Å²) in [7, 11) is 1.56. The van der Waals surface area contributed by atoms with Crippen molar-refractivity contribution >= 4 is 11.6 Å². The number of phenolic OH excluding ortho intramolecular Hbond substituents is 1. The Morgan fingerprint density at radius 3 is 3.00 bits per heavy atom. The second-order valence-electron chi connectivity index (χ2n) is 4.11. The average molecular weight is 236 g/mol. The quantitative estimate of drug-likeness (QED) is 0.816. The van der Waals surface area contributed by atoms with Gasteiger partial charge in [0.15, 0.2) is 0 Å². The van der Waals surface area contributed by atoms with Crippen molar-refractivity contribution < 1.29 is 14.6 Å². The molecule has 0 aromatic heterocycles. The highest BCUT2D eigenvalue weighted by molar-refractivity contribution is 5.85. The van der Waals surface area contributed by atoms with E-state index in [1.54, 1.807) is 25.3 Å². The van der Waals surface area contributed by atoms with Crippen LogP contribution in [0.25, 0.3) is 0 Å². The number of primary amides is 1. The van der Waals surface area contributed by atoms with Gasteiger partial charge in [0.25, 0.3) is 0 Å². The monoisotopic (exact) mass is 236 g/mol. The van der Waals surface area contributed by atoms with Crippen LogP contribution in [0, 0.1) is 0 Å². The Bertz CT molecular complexity index is 434. The van der Waals surface area contributed by atoms with Crippen molar-refractivity contribution in [2.75, 3.05) is 18.6 Å². The van der Waals surface area contributed by atoms with Crippen molar-refractivity contribution in [3.8, 4) is 11.5 Å². The molecule has 5 nitrogen and oxygen atoms in total. The van der Waals surface area contributed by atoms with Crippen LogP contribution < -0.4 is 15.4 Å². The largest absolute Gasteiger partial charge is 0.508 e. The molecule has 5 heteroatoms. The van der Waals surface area contributed by atoms with E-state index in [0.29, 0.717) is 11.4 Å². The fourth-order valence-corrected chi connectivity index (χ4v) is 2.25. The summed E-state index contributed by atoms with van der Waals surface area (Å²) in [4.78, 5) is 13.2. The molecule has 1 amide bonds. The number of carbonyl (C=O) groups is 1. The van der Waals surface area contributed by atoms with Crippen molar-refractivity contribution in [3.63, 3.8) is 0 Å². The number of anilines is 1. The number of methoxy groups -OCH3 is 1. The molecule has 3 N–H and O–H groups in total. The lowest BCUT2D eigenvalue weighted by Gasteiger charge is -2.26. The first kappa shape index (κ1) is 11.6. The summed E-state index contributed by atoms with van der Waals surface area (Å²) in [5.41, 5.74) is 6.09. The lowest BCUT2D eigenvalue weighted by Crippen LogP contribution is -2.40. The van der Waals surface area contributed by atoms with E-state index in [4.69, 9.17) is 10.5 Å². The van der Waals surface area contributed by atoms with Gasteiger partial charge in [-0.2, -0.15) is 0 Å². The van der Waals surface area contributed by atoms with Crippen LogP contribution in [0.5, 0.6) is 11.5 Å². The molecule has 1 aliphatic rings. The average Bonchev–Trinajstić information content (AvgIpc) is 2.77. The van der Waals surface area contributed by atoms with Gasteiger partial charge in [-0.3, -0.25) is 4.79 Å². The van der Waals surface area contributed by atoms with Gasteiger partial charge in [-0.05, 0) is 25.0 Å². The molecular formula is C12H16N2O3. The van der Waals surface area contributed by atoms with Gasteiger partial charge in [0.05, 0.1) is 12.8 Å². The van der Waals surface area contributed by atoms with Crippen LogP contribution >= 0.6 is 0 Å². The first-order chi connectivity index (χ1) is 8.13. The van der Waals surface area contributed by atoms with Crippen LogP contribution in [0.1, 0.15) is 12.8 Å². The van der Waals surface area contributed by atoms with E-state index >= 15 is 0 Å². The Morgan fingerprint density at radius 2 is 2.35 bits per heavy atom. The van der Waals surface area contributed by atoms with E-state index < -0.39 is 0 Å². The maximum atomic E-state index is 11.3. The van der Waals surface area contributed by atoms with Gasteiger partial charge in [0.2, 0.25) is 5.91 Å². The van der Waals surface area contributed by atoms with E-state index in [2.05, 4.69) is 0 Å². The summed E-state index contributed by atoms with van der Waals surface area (Å²) in [6.45, 7) is 0.743. The van der Waals surface area contributed by atoms with Crippen molar-refractivity contribution in [2.24, 2.45) is 5.73 Å². The van der Waals surface area contributed by atoms with E-state index in [-0.39, 0.29) is 17.7 Å². The third-order valence-corrected chi connectivity index (χ3v) is 3.05. The molecule has 2 rings (SSSR count). The van der Waals surface area contributed by atoms with Crippen LogP contribution in [0.2, 0.25) is 0 Å². The Hall–Kier alpha value is -1.91. The number of nitrogens with zero attached hydrogens (tertiary/aromatic N) is 1. The number of carbonyl (C=O) groups excluding carboxylic acids is 1. The SMILES string of the molecule is COc1ccc(O)cc1N1CCCC1C(N)=O. The zero-order chi connectivity index (χ0) is 12.4. The van der Waals surface area contributed by atoms with Gasteiger partial charge in [-0.25, -0.2) is 0 Å². The summed E-state index contributed by atoms with van der Waals surface area (Å²) in [6, 6.07) is 4.52. The van der Waals surface area contributed by atoms with Gasteiger partial charge >= 0.3 is 0 Å². The van der Waals surface area contributed by atoms with Crippen LogP contribution in [-0.2, 0) is 4.79 Å². The van der Waals surface area contributed by atoms with Gasteiger partial charge in [-0.15, -0.1) is 0 Å². The maximum Gasteiger partial charge on any atom is 0.240 e. The first-order valence-corrected chi connectivity index (χ1v) is 5.56. The Balaban J connectivity index is 2.38. The molecule has 1 saturated heterocycles. The minimum atomic E-state index is -0.340. The van der Waals surface area contributed by atoms with Gasteiger partial charge in [0.1, 0.15) is 17.5 Å². The highest BCUT2D eigenvalue weighted by atomic mass is 16.5. The molecule has 1 aromatic rings. The minimum Gasteiger partial charge on any atom is -0.508 e. The lowest BCUT2D eigenvalue weighted by molar-refractivity contribution is -0.119. The molecule has 1 atom stereocenters. The molecule has 1 fully saturated rings. The molecule has 1 aromatic carbocycles. The third kappa shape index (κ3) is 2.13. The highest BCUT2D eigenvalue weighted by Gasteiger charge is 2.30. The predicted molar refractivity (Wildman–Crippen MR) is 64.2 cm³/mol. The number of aromatic hydroxyl groups is 1. The third-order valence-electron chi connectivity index (χ3n) is 3.05. The number of hydrogen-bond donors (Lipinski definition) is 2. The first-order valence-electron chi connectivity index (χ1n) is 5.56. The minimum absolute atomic E-state index is 0.149. The van der Waals surface area contributed by atoms with E-state index in [1.165, 1.54) is 0 Å². The highest BCUT2D eigenvalue weighted by Crippen LogP contribution is 2.36. The van der Waals surface area contributed by atoms with Crippen LogP contribution in [0.4, 0.5) is 5.69 Å². The van der Waals surface area contributed by atoms with E-state index in [9.17, 15) is 9.90 Å². The molecule has 0 saturated carbocycles. The number of ether oxygens (including phenoxy) is 1. The molecule has 0 aliphatic carbocycles.